The van der Waals surface area contributed by atoms with Gasteiger partial charge in [0.1, 0.15) is 6.04 Å². The lowest BCUT2D eigenvalue weighted by atomic mass is 10.0. The number of nitrogens with zero attached hydrogens (tertiary/aromatic N) is 1. The second-order valence-electron chi connectivity index (χ2n) is 6.32. The Labute approximate surface area is 144 Å². The van der Waals surface area contributed by atoms with Crippen LogP contribution in [0.5, 0.6) is 0 Å². The zero-order chi connectivity index (χ0) is 18.6. The largest absolute Gasteiger partial charge is 0.378 e. The maximum atomic E-state index is 13.8. The predicted octanol–water partition coefficient (Wildman–Crippen LogP) is 2.11. The first-order chi connectivity index (χ1) is 11.8. The van der Waals surface area contributed by atoms with Crippen LogP contribution < -0.4 is 5.32 Å². The van der Waals surface area contributed by atoms with Crippen LogP contribution in [0.25, 0.3) is 0 Å². The molecule has 138 valence electrons. The van der Waals surface area contributed by atoms with Crippen LogP contribution in [0, 0.1) is 23.4 Å². The summed E-state index contributed by atoms with van der Waals surface area (Å²) in [6.45, 7) is 5.39. The number of benzene rings is 1. The molecule has 0 saturated carbocycles. The van der Waals surface area contributed by atoms with E-state index in [1.54, 1.807) is 4.90 Å². The van der Waals surface area contributed by atoms with Gasteiger partial charge in [-0.05, 0) is 24.5 Å². The minimum atomic E-state index is -1.72. The van der Waals surface area contributed by atoms with Crippen LogP contribution in [-0.2, 0) is 9.53 Å². The van der Waals surface area contributed by atoms with Crippen LogP contribution in [0.3, 0.4) is 0 Å². The van der Waals surface area contributed by atoms with Gasteiger partial charge in [0.05, 0.1) is 18.8 Å². The Kier molecular flexibility index (Phi) is 6.41. The fraction of sp³-hybridized carbons (Fsp3) is 0.529. The number of morpholine rings is 1. The monoisotopic (exact) mass is 358 g/mol. The molecule has 0 unspecified atom stereocenters. The van der Waals surface area contributed by atoms with Crippen molar-refractivity contribution in [1.29, 1.82) is 0 Å². The minimum absolute atomic E-state index is 0.0880. The summed E-state index contributed by atoms with van der Waals surface area (Å²) < 4.78 is 45.3. The van der Waals surface area contributed by atoms with Crippen molar-refractivity contribution in [3.8, 4) is 0 Å². The zero-order valence-electron chi connectivity index (χ0n) is 14.2. The van der Waals surface area contributed by atoms with E-state index in [1.165, 1.54) is 0 Å². The molecule has 0 aromatic heterocycles. The molecule has 1 aromatic rings. The van der Waals surface area contributed by atoms with Crippen molar-refractivity contribution in [2.24, 2.45) is 5.92 Å². The maximum absolute atomic E-state index is 13.8. The van der Waals surface area contributed by atoms with Crippen LogP contribution in [0.15, 0.2) is 12.1 Å². The van der Waals surface area contributed by atoms with E-state index in [0.717, 1.165) is 6.07 Å². The summed E-state index contributed by atoms with van der Waals surface area (Å²) in [5, 5.41) is 2.45. The number of hydrogen-bond acceptors (Lipinski definition) is 3. The highest BCUT2D eigenvalue weighted by Crippen LogP contribution is 2.16. The van der Waals surface area contributed by atoms with Crippen LogP contribution in [-0.4, -0.2) is 49.1 Å². The topological polar surface area (TPSA) is 58.6 Å². The number of nitrogens with one attached hydrogen (secondary N) is 1. The normalized spacial score (nSPS) is 16.0. The molecule has 1 atom stereocenters. The average molecular weight is 358 g/mol. The molecule has 1 aliphatic heterocycles. The van der Waals surface area contributed by atoms with Crippen molar-refractivity contribution in [3.63, 3.8) is 0 Å². The number of carbonyl (C=O) groups is 2. The van der Waals surface area contributed by atoms with Crippen molar-refractivity contribution in [2.45, 2.75) is 26.3 Å². The third-order valence-electron chi connectivity index (χ3n) is 3.91. The smallest absolute Gasteiger partial charge is 0.255 e. The van der Waals surface area contributed by atoms with Gasteiger partial charge in [-0.3, -0.25) is 9.59 Å². The average Bonchev–Trinajstić information content (AvgIpc) is 2.58. The minimum Gasteiger partial charge on any atom is -0.378 e. The highest BCUT2D eigenvalue weighted by atomic mass is 19.2. The lowest BCUT2D eigenvalue weighted by Gasteiger charge is -2.31. The Morgan fingerprint density at radius 2 is 1.80 bits per heavy atom. The fourth-order valence-corrected chi connectivity index (χ4v) is 2.63. The SMILES string of the molecule is CC(C)C[C@@H](NC(=O)c1ccc(F)c(F)c1F)C(=O)N1CCOCC1. The second-order valence-corrected chi connectivity index (χ2v) is 6.32. The molecule has 2 amide bonds. The second kappa shape index (κ2) is 8.33. The Morgan fingerprint density at radius 3 is 2.40 bits per heavy atom. The van der Waals surface area contributed by atoms with Crippen molar-refractivity contribution >= 4 is 11.8 Å². The first-order valence-electron chi connectivity index (χ1n) is 8.12. The first-order valence-corrected chi connectivity index (χ1v) is 8.12. The predicted molar refractivity (Wildman–Crippen MR) is 84.4 cm³/mol. The van der Waals surface area contributed by atoms with Crippen molar-refractivity contribution in [3.05, 3.63) is 35.1 Å². The summed E-state index contributed by atoms with van der Waals surface area (Å²) >= 11 is 0. The van der Waals surface area contributed by atoms with Gasteiger partial charge in [0.2, 0.25) is 5.91 Å². The summed E-state index contributed by atoms with van der Waals surface area (Å²) in [7, 11) is 0. The van der Waals surface area contributed by atoms with E-state index in [4.69, 9.17) is 4.74 Å². The molecule has 8 heteroatoms. The molecule has 1 aromatic carbocycles. The van der Waals surface area contributed by atoms with Crippen molar-refractivity contribution < 1.29 is 27.5 Å². The Hall–Kier alpha value is -2.09. The van der Waals surface area contributed by atoms with E-state index < -0.39 is 35.0 Å². The standard InChI is InChI=1S/C17H21F3N2O3/c1-10(2)9-13(17(24)22-5-7-25-8-6-22)21-16(23)11-3-4-12(18)15(20)14(11)19/h3-4,10,13H,5-9H2,1-2H3,(H,21,23)/t13-/m1/s1. The van der Waals surface area contributed by atoms with Gasteiger partial charge in [-0.1, -0.05) is 13.8 Å². The number of rotatable bonds is 5. The van der Waals surface area contributed by atoms with Crippen LogP contribution in [0.1, 0.15) is 30.6 Å². The Morgan fingerprint density at radius 1 is 1.16 bits per heavy atom. The third-order valence-corrected chi connectivity index (χ3v) is 3.91. The molecule has 25 heavy (non-hydrogen) atoms. The van der Waals surface area contributed by atoms with E-state index in [0.29, 0.717) is 38.8 Å². The molecule has 0 bridgehead atoms. The molecule has 0 spiro atoms. The lowest BCUT2D eigenvalue weighted by Crippen LogP contribution is -2.52. The summed E-state index contributed by atoms with van der Waals surface area (Å²) in [5.41, 5.74) is -0.637. The highest BCUT2D eigenvalue weighted by molar-refractivity contribution is 5.97. The molecule has 0 radical (unpaired) electrons. The number of amides is 2. The highest BCUT2D eigenvalue weighted by Gasteiger charge is 2.29. The van der Waals surface area contributed by atoms with E-state index in [2.05, 4.69) is 5.32 Å². The van der Waals surface area contributed by atoms with E-state index in [1.807, 2.05) is 13.8 Å². The molecule has 1 aliphatic rings. The van der Waals surface area contributed by atoms with E-state index in [9.17, 15) is 22.8 Å². The number of ether oxygens (including phenoxy) is 1. The molecule has 1 saturated heterocycles. The van der Waals surface area contributed by atoms with Gasteiger partial charge in [-0.2, -0.15) is 0 Å². The molecule has 1 fully saturated rings. The first kappa shape index (κ1) is 19.2. The van der Waals surface area contributed by atoms with Gasteiger partial charge in [0, 0.05) is 13.1 Å². The summed E-state index contributed by atoms with van der Waals surface area (Å²) in [6, 6.07) is 0.654. The van der Waals surface area contributed by atoms with Gasteiger partial charge in [0.25, 0.3) is 5.91 Å². The van der Waals surface area contributed by atoms with Crippen LogP contribution in [0.4, 0.5) is 13.2 Å². The Balaban J connectivity index is 2.17. The summed E-state index contributed by atoms with van der Waals surface area (Å²) in [6.07, 6.45) is 0.341. The van der Waals surface area contributed by atoms with Gasteiger partial charge in [0.15, 0.2) is 17.5 Å². The van der Waals surface area contributed by atoms with Gasteiger partial charge in [-0.25, -0.2) is 13.2 Å². The third kappa shape index (κ3) is 4.72. The van der Waals surface area contributed by atoms with Crippen molar-refractivity contribution in [1.82, 2.24) is 10.2 Å². The van der Waals surface area contributed by atoms with Gasteiger partial charge < -0.3 is 15.0 Å². The molecular weight excluding hydrogens is 337 g/mol. The van der Waals surface area contributed by atoms with E-state index in [-0.39, 0.29) is 11.8 Å². The molecule has 1 N–H and O–H groups in total. The van der Waals surface area contributed by atoms with Crippen molar-refractivity contribution in [2.75, 3.05) is 26.3 Å². The maximum Gasteiger partial charge on any atom is 0.255 e. The molecule has 1 heterocycles. The van der Waals surface area contributed by atoms with Crippen LogP contribution in [0.2, 0.25) is 0 Å². The number of carbonyl (C=O) groups excluding carboxylic acids is 2. The van der Waals surface area contributed by atoms with E-state index >= 15 is 0 Å². The number of halogens is 3. The summed E-state index contributed by atoms with van der Waals surface area (Å²) in [4.78, 5) is 26.5. The molecule has 0 aliphatic carbocycles. The molecular formula is C17H21F3N2O3. The molecule has 2 rings (SSSR count). The zero-order valence-corrected chi connectivity index (χ0v) is 14.2. The quantitative estimate of drug-likeness (QED) is 0.820. The summed E-state index contributed by atoms with van der Waals surface area (Å²) in [5.74, 6) is -5.83. The van der Waals surface area contributed by atoms with Gasteiger partial charge >= 0.3 is 0 Å². The van der Waals surface area contributed by atoms with Gasteiger partial charge in [-0.15, -0.1) is 0 Å². The lowest BCUT2D eigenvalue weighted by molar-refractivity contribution is -0.137. The fourth-order valence-electron chi connectivity index (χ4n) is 2.63. The number of hydrogen-bond donors (Lipinski definition) is 1. The Bertz CT molecular complexity index is 646. The molecule has 5 nitrogen and oxygen atoms in total. The van der Waals surface area contributed by atoms with Crippen LogP contribution >= 0.6 is 0 Å².